The summed E-state index contributed by atoms with van der Waals surface area (Å²) >= 11 is 0. The van der Waals surface area contributed by atoms with Crippen LogP contribution < -0.4 is 16.4 Å². The number of hydrogen-bond acceptors (Lipinski definition) is 5. The lowest BCUT2D eigenvalue weighted by molar-refractivity contribution is -0.123. The van der Waals surface area contributed by atoms with Gasteiger partial charge in [-0.05, 0) is 25.0 Å². The summed E-state index contributed by atoms with van der Waals surface area (Å²) in [6.45, 7) is 3.55. The highest BCUT2D eigenvalue weighted by Gasteiger charge is 2.15. The van der Waals surface area contributed by atoms with Gasteiger partial charge < -0.3 is 15.8 Å². The Hall–Kier alpha value is -2.57. The molecule has 0 heterocycles. The molecule has 1 aromatic carbocycles. The number of benzene rings is 1. The summed E-state index contributed by atoms with van der Waals surface area (Å²) in [5.74, 6) is -1.41. The molecule has 4 N–H and O–H groups in total. The number of hydrogen-bond donors (Lipinski definition) is 3. The molecule has 0 saturated heterocycles. The second-order valence-electron chi connectivity index (χ2n) is 4.42. The molecule has 1 rings (SSSR count). The fourth-order valence-electron chi connectivity index (χ4n) is 1.51. The average molecular weight is 293 g/mol. The molecule has 1 aromatic rings. The third kappa shape index (κ3) is 5.13. The SMILES string of the molecule is CCCNC(=O)NC(=O)COC(=O)c1cccc(C)c1N. The van der Waals surface area contributed by atoms with Gasteiger partial charge >= 0.3 is 12.0 Å². The van der Waals surface area contributed by atoms with E-state index in [1.165, 1.54) is 6.07 Å². The summed E-state index contributed by atoms with van der Waals surface area (Å²) in [5.41, 5.74) is 7.01. The smallest absolute Gasteiger partial charge is 0.340 e. The van der Waals surface area contributed by atoms with Crippen molar-refractivity contribution in [3.8, 4) is 0 Å². The number of amides is 3. The summed E-state index contributed by atoms with van der Waals surface area (Å²) < 4.78 is 4.82. The van der Waals surface area contributed by atoms with E-state index < -0.39 is 24.5 Å². The van der Waals surface area contributed by atoms with Crippen molar-refractivity contribution in [1.82, 2.24) is 10.6 Å². The number of imide groups is 1. The van der Waals surface area contributed by atoms with Crippen LogP contribution in [0, 0.1) is 6.92 Å². The Morgan fingerprint density at radius 1 is 1.29 bits per heavy atom. The van der Waals surface area contributed by atoms with Gasteiger partial charge in [0.15, 0.2) is 6.61 Å². The van der Waals surface area contributed by atoms with Gasteiger partial charge in [0.05, 0.1) is 5.56 Å². The molecule has 0 unspecified atom stereocenters. The predicted octanol–water partition coefficient (Wildman–Crippen LogP) is 0.970. The van der Waals surface area contributed by atoms with E-state index in [1.54, 1.807) is 19.1 Å². The van der Waals surface area contributed by atoms with Crippen molar-refractivity contribution >= 4 is 23.6 Å². The van der Waals surface area contributed by atoms with Crippen LogP contribution in [0.5, 0.6) is 0 Å². The zero-order valence-corrected chi connectivity index (χ0v) is 12.1. The van der Waals surface area contributed by atoms with Crippen LogP contribution >= 0.6 is 0 Å². The molecule has 0 bridgehead atoms. The van der Waals surface area contributed by atoms with Gasteiger partial charge in [-0.25, -0.2) is 9.59 Å². The molecule has 0 spiro atoms. The maximum absolute atomic E-state index is 11.8. The number of urea groups is 1. The Balaban J connectivity index is 2.48. The number of carbonyl (C=O) groups is 3. The minimum Gasteiger partial charge on any atom is -0.452 e. The number of aryl methyl sites for hydroxylation is 1. The summed E-state index contributed by atoms with van der Waals surface area (Å²) in [4.78, 5) is 34.4. The summed E-state index contributed by atoms with van der Waals surface area (Å²) in [6.07, 6.45) is 0.753. The highest BCUT2D eigenvalue weighted by molar-refractivity contribution is 5.99. The van der Waals surface area contributed by atoms with E-state index in [0.717, 1.165) is 12.0 Å². The lowest BCUT2D eigenvalue weighted by atomic mass is 10.1. The molecule has 7 heteroatoms. The summed E-state index contributed by atoms with van der Waals surface area (Å²) in [7, 11) is 0. The first kappa shape index (κ1) is 16.5. The van der Waals surface area contributed by atoms with Gasteiger partial charge in [-0.15, -0.1) is 0 Å². The van der Waals surface area contributed by atoms with E-state index in [-0.39, 0.29) is 5.56 Å². The molecule has 0 radical (unpaired) electrons. The Kier molecular flexibility index (Phi) is 6.19. The number of ether oxygens (including phenoxy) is 1. The van der Waals surface area contributed by atoms with Crippen LogP contribution in [0.3, 0.4) is 0 Å². The number of nitrogen functional groups attached to an aromatic ring is 1. The minimum atomic E-state index is -0.708. The van der Waals surface area contributed by atoms with Crippen molar-refractivity contribution in [1.29, 1.82) is 0 Å². The molecule has 114 valence electrons. The van der Waals surface area contributed by atoms with Crippen molar-refractivity contribution < 1.29 is 19.1 Å². The van der Waals surface area contributed by atoms with Crippen LogP contribution in [0.2, 0.25) is 0 Å². The standard InChI is InChI=1S/C14H19N3O4/c1-3-7-16-14(20)17-11(18)8-21-13(19)10-6-4-5-9(2)12(10)15/h4-6H,3,7-8,15H2,1-2H3,(H2,16,17,18,20). The van der Waals surface area contributed by atoms with E-state index in [1.807, 2.05) is 6.92 Å². The van der Waals surface area contributed by atoms with Crippen LogP contribution in [-0.4, -0.2) is 31.1 Å². The van der Waals surface area contributed by atoms with E-state index in [2.05, 4.69) is 10.6 Å². The largest absolute Gasteiger partial charge is 0.452 e. The number of para-hydroxylation sites is 1. The molecule has 0 aromatic heterocycles. The third-order valence-corrected chi connectivity index (χ3v) is 2.67. The van der Waals surface area contributed by atoms with Crippen LogP contribution in [0.15, 0.2) is 18.2 Å². The summed E-state index contributed by atoms with van der Waals surface area (Å²) in [5, 5.41) is 4.52. The first-order valence-corrected chi connectivity index (χ1v) is 6.55. The normalized spacial score (nSPS) is 9.81. The van der Waals surface area contributed by atoms with Crippen molar-refractivity contribution in [3.63, 3.8) is 0 Å². The number of anilines is 1. The molecule has 0 fully saturated rings. The lowest BCUT2D eigenvalue weighted by Crippen LogP contribution is -2.41. The lowest BCUT2D eigenvalue weighted by Gasteiger charge is -2.09. The molecule has 0 aliphatic carbocycles. The number of carbonyl (C=O) groups excluding carboxylic acids is 3. The van der Waals surface area contributed by atoms with Gasteiger partial charge in [0.2, 0.25) is 0 Å². The predicted molar refractivity (Wildman–Crippen MR) is 77.7 cm³/mol. The second-order valence-corrected chi connectivity index (χ2v) is 4.42. The molecular formula is C14H19N3O4. The molecule has 21 heavy (non-hydrogen) atoms. The molecule has 0 aliphatic heterocycles. The van der Waals surface area contributed by atoms with E-state index >= 15 is 0 Å². The Morgan fingerprint density at radius 3 is 2.67 bits per heavy atom. The third-order valence-electron chi connectivity index (χ3n) is 2.67. The van der Waals surface area contributed by atoms with Crippen molar-refractivity contribution in [3.05, 3.63) is 29.3 Å². The zero-order chi connectivity index (χ0) is 15.8. The highest BCUT2D eigenvalue weighted by Crippen LogP contribution is 2.17. The molecule has 7 nitrogen and oxygen atoms in total. The Morgan fingerprint density at radius 2 is 2.00 bits per heavy atom. The first-order valence-electron chi connectivity index (χ1n) is 6.55. The van der Waals surface area contributed by atoms with Gasteiger partial charge in [0, 0.05) is 12.2 Å². The van der Waals surface area contributed by atoms with E-state index in [4.69, 9.17) is 10.5 Å². The van der Waals surface area contributed by atoms with E-state index in [0.29, 0.717) is 12.2 Å². The van der Waals surface area contributed by atoms with Gasteiger partial charge in [0.25, 0.3) is 5.91 Å². The maximum atomic E-state index is 11.8. The van der Waals surface area contributed by atoms with Gasteiger partial charge in [-0.3, -0.25) is 10.1 Å². The number of nitrogens with one attached hydrogen (secondary N) is 2. The Bertz CT molecular complexity index is 543. The van der Waals surface area contributed by atoms with Crippen molar-refractivity contribution in [2.24, 2.45) is 0 Å². The molecule has 0 aliphatic rings. The van der Waals surface area contributed by atoms with Crippen LogP contribution in [-0.2, 0) is 9.53 Å². The average Bonchev–Trinajstić information content (AvgIpc) is 2.45. The fourth-order valence-corrected chi connectivity index (χ4v) is 1.51. The topological polar surface area (TPSA) is 111 Å². The minimum absolute atomic E-state index is 0.193. The molecule has 3 amide bonds. The highest BCUT2D eigenvalue weighted by atomic mass is 16.5. The number of esters is 1. The molecular weight excluding hydrogens is 274 g/mol. The van der Waals surface area contributed by atoms with Crippen LogP contribution in [0.4, 0.5) is 10.5 Å². The van der Waals surface area contributed by atoms with Crippen molar-refractivity contribution in [2.75, 3.05) is 18.9 Å². The number of nitrogens with two attached hydrogens (primary N) is 1. The van der Waals surface area contributed by atoms with Gasteiger partial charge in [0.1, 0.15) is 0 Å². The monoisotopic (exact) mass is 293 g/mol. The van der Waals surface area contributed by atoms with Crippen LogP contribution in [0.1, 0.15) is 29.3 Å². The Labute approximate surface area is 122 Å². The van der Waals surface area contributed by atoms with Gasteiger partial charge in [-0.1, -0.05) is 19.1 Å². The second kappa shape index (κ2) is 7.88. The van der Waals surface area contributed by atoms with Crippen LogP contribution in [0.25, 0.3) is 0 Å². The van der Waals surface area contributed by atoms with Gasteiger partial charge in [-0.2, -0.15) is 0 Å². The molecule has 0 saturated carbocycles. The van der Waals surface area contributed by atoms with E-state index in [9.17, 15) is 14.4 Å². The maximum Gasteiger partial charge on any atom is 0.340 e. The van der Waals surface area contributed by atoms with Crippen molar-refractivity contribution in [2.45, 2.75) is 20.3 Å². The molecule has 0 atom stereocenters. The summed E-state index contributed by atoms with van der Waals surface area (Å²) in [6, 6.07) is 4.32. The number of rotatable bonds is 5. The zero-order valence-electron chi connectivity index (χ0n) is 12.1. The quantitative estimate of drug-likeness (QED) is 0.553. The first-order chi connectivity index (χ1) is 9.95. The fraction of sp³-hybridized carbons (Fsp3) is 0.357.